The summed E-state index contributed by atoms with van der Waals surface area (Å²) in [5.41, 5.74) is 11.0. The Balaban J connectivity index is 1.60. The van der Waals surface area contributed by atoms with Crippen molar-refractivity contribution in [3.8, 4) is 0 Å². The molecule has 250 valence electrons. The van der Waals surface area contributed by atoms with Gasteiger partial charge in [-0.2, -0.15) is 0 Å². The molecular formula is C39H44N4O5. The maximum atomic E-state index is 14.1. The minimum absolute atomic E-state index is 0.0757. The van der Waals surface area contributed by atoms with Gasteiger partial charge in [0.25, 0.3) is 0 Å². The molecule has 0 aromatic carbocycles. The van der Waals surface area contributed by atoms with Gasteiger partial charge in [-0.1, -0.05) is 32.1 Å². The Morgan fingerprint density at radius 1 is 1.02 bits per heavy atom. The molecule has 3 aliphatic rings. The number of carbonyl (C=O) groups excluding carboxylic acids is 3. The molecule has 1 fully saturated rings. The SMILES string of the molecule is C=Cc1c2[nH]c(c1C)/C=C1\N/C(=C3\c4[nH]c(c(C)c4C(=O)[C@@H]3C(=O)OC)/C=c3\[nH]/c(cc3CC)=C\2)[C@@H](CCC(=O)OCC=C(C)C)[C@@H]1C. The quantitative estimate of drug-likeness (QED) is 0.148. The highest BCUT2D eigenvalue weighted by Gasteiger charge is 2.48. The summed E-state index contributed by atoms with van der Waals surface area (Å²) in [6.07, 6.45) is 11.4. The first-order valence-corrected chi connectivity index (χ1v) is 16.6. The van der Waals surface area contributed by atoms with Crippen molar-refractivity contribution in [2.45, 2.75) is 60.8 Å². The predicted octanol–water partition coefficient (Wildman–Crippen LogP) is 5.35. The lowest BCUT2D eigenvalue weighted by molar-refractivity contribution is -0.143. The van der Waals surface area contributed by atoms with E-state index >= 15 is 0 Å². The number of fused-ring (bicyclic) bond motifs is 7. The maximum absolute atomic E-state index is 14.1. The Morgan fingerprint density at radius 3 is 2.46 bits per heavy atom. The van der Waals surface area contributed by atoms with Gasteiger partial charge in [-0.3, -0.25) is 14.4 Å². The van der Waals surface area contributed by atoms with E-state index < -0.39 is 11.9 Å². The molecule has 0 saturated carbocycles. The smallest absolute Gasteiger partial charge is 0.321 e. The highest BCUT2D eigenvalue weighted by molar-refractivity contribution is 6.24. The molecule has 6 rings (SSSR count). The number of rotatable bonds is 8. The van der Waals surface area contributed by atoms with E-state index in [-0.39, 0.29) is 36.6 Å². The summed E-state index contributed by atoms with van der Waals surface area (Å²) in [7, 11) is 1.31. The number of ether oxygens (including phenoxy) is 2. The zero-order valence-electron chi connectivity index (χ0n) is 28.8. The second-order valence-electron chi connectivity index (χ2n) is 13.2. The number of methoxy groups -OCH3 is 1. The predicted molar refractivity (Wildman–Crippen MR) is 188 cm³/mol. The number of aromatic nitrogens is 3. The summed E-state index contributed by atoms with van der Waals surface area (Å²) in [6, 6.07) is 2.14. The normalized spacial score (nSPS) is 23.3. The van der Waals surface area contributed by atoms with Gasteiger partial charge in [0, 0.05) is 74.1 Å². The second kappa shape index (κ2) is 12.9. The van der Waals surface area contributed by atoms with Gasteiger partial charge in [-0.25, -0.2) is 0 Å². The lowest BCUT2D eigenvalue weighted by Gasteiger charge is -2.19. The van der Waals surface area contributed by atoms with E-state index in [2.05, 4.69) is 65.8 Å². The van der Waals surface area contributed by atoms with Crippen molar-refractivity contribution < 1.29 is 23.9 Å². The fourth-order valence-corrected chi connectivity index (χ4v) is 7.29. The molecule has 3 aromatic heterocycles. The number of nitrogens with one attached hydrogen (secondary N) is 4. The fraction of sp³-hybridized carbons (Fsp3) is 0.359. The number of aryl methyl sites for hydroxylation is 1. The monoisotopic (exact) mass is 648 g/mol. The van der Waals surface area contributed by atoms with Crippen molar-refractivity contribution in [1.29, 1.82) is 0 Å². The van der Waals surface area contributed by atoms with Crippen LogP contribution in [0, 0.1) is 31.6 Å². The van der Waals surface area contributed by atoms with E-state index in [9.17, 15) is 14.4 Å². The topological polar surface area (TPSA) is 129 Å². The number of hydrogen-bond donors (Lipinski definition) is 4. The summed E-state index contributed by atoms with van der Waals surface area (Å²) in [6.45, 7) is 16.4. The van der Waals surface area contributed by atoms with Crippen LogP contribution in [-0.4, -0.2) is 46.4 Å². The van der Waals surface area contributed by atoms with E-state index in [1.54, 1.807) is 0 Å². The number of H-pyrrole nitrogens is 3. The molecule has 0 spiro atoms. The van der Waals surface area contributed by atoms with Crippen LogP contribution in [-0.2, 0) is 25.5 Å². The molecule has 1 aliphatic carbocycles. The molecular weight excluding hydrogens is 604 g/mol. The zero-order chi connectivity index (χ0) is 34.4. The summed E-state index contributed by atoms with van der Waals surface area (Å²) >= 11 is 0. The minimum atomic E-state index is -1.13. The van der Waals surface area contributed by atoms with Crippen LogP contribution in [0.3, 0.4) is 0 Å². The van der Waals surface area contributed by atoms with Gasteiger partial charge in [-0.05, 0) is 87.6 Å². The molecule has 2 aliphatic heterocycles. The molecule has 3 aromatic rings. The Kier molecular flexibility index (Phi) is 8.81. The van der Waals surface area contributed by atoms with Crippen molar-refractivity contribution in [3.63, 3.8) is 0 Å². The maximum Gasteiger partial charge on any atom is 0.321 e. The number of carbonyl (C=O) groups is 3. The minimum Gasteiger partial charge on any atom is -0.468 e. The van der Waals surface area contributed by atoms with E-state index in [0.717, 1.165) is 73.4 Å². The average Bonchev–Trinajstić information content (AvgIpc) is 3.81. The summed E-state index contributed by atoms with van der Waals surface area (Å²) in [4.78, 5) is 51.1. The van der Waals surface area contributed by atoms with E-state index in [1.165, 1.54) is 7.11 Å². The van der Waals surface area contributed by atoms with Crippen LogP contribution in [0.2, 0.25) is 0 Å². The Hall–Kier alpha value is -5.05. The van der Waals surface area contributed by atoms with Crippen molar-refractivity contribution >= 4 is 47.6 Å². The van der Waals surface area contributed by atoms with Crippen LogP contribution in [0.25, 0.3) is 29.9 Å². The highest BCUT2D eigenvalue weighted by Crippen LogP contribution is 2.48. The third kappa shape index (κ3) is 5.61. The van der Waals surface area contributed by atoms with Crippen molar-refractivity contribution in [2.24, 2.45) is 17.8 Å². The molecule has 9 heteroatoms. The van der Waals surface area contributed by atoms with E-state index in [4.69, 9.17) is 9.47 Å². The molecule has 48 heavy (non-hydrogen) atoms. The molecule has 8 bridgehead atoms. The average molecular weight is 649 g/mol. The zero-order valence-corrected chi connectivity index (χ0v) is 28.8. The Bertz CT molecular complexity index is 2070. The lowest BCUT2D eigenvalue weighted by Crippen LogP contribution is -2.25. The number of Topliss-reactive ketones (excluding diaryl/α,β-unsaturated/α-hetero) is 1. The van der Waals surface area contributed by atoms with Gasteiger partial charge in [0.2, 0.25) is 0 Å². The molecule has 0 amide bonds. The summed E-state index contributed by atoms with van der Waals surface area (Å²) in [5.74, 6) is -2.62. The van der Waals surface area contributed by atoms with E-state index in [1.807, 2.05) is 39.0 Å². The first-order valence-electron chi connectivity index (χ1n) is 16.6. The van der Waals surface area contributed by atoms with Gasteiger partial charge >= 0.3 is 11.9 Å². The highest BCUT2D eigenvalue weighted by atomic mass is 16.5. The Morgan fingerprint density at radius 2 is 1.77 bits per heavy atom. The molecule has 4 N–H and O–H groups in total. The van der Waals surface area contributed by atoms with E-state index in [0.29, 0.717) is 23.3 Å². The van der Waals surface area contributed by atoms with Crippen LogP contribution < -0.4 is 16.0 Å². The molecule has 3 atom stereocenters. The van der Waals surface area contributed by atoms with Crippen LogP contribution in [0.5, 0.6) is 0 Å². The van der Waals surface area contributed by atoms with Crippen LogP contribution in [0.4, 0.5) is 0 Å². The van der Waals surface area contributed by atoms with Gasteiger partial charge in [-0.15, -0.1) is 0 Å². The number of aromatic amines is 3. The molecule has 0 radical (unpaired) electrons. The molecule has 9 nitrogen and oxygen atoms in total. The number of allylic oxidation sites excluding steroid dienone is 3. The first kappa shape index (κ1) is 32.9. The van der Waals surface area contributed by atoms with Gasteiger partial charge < -0.3 is 29.7 Å². The fourth-order valence-electron chi connectivity index (χ4n) is 7.29. The Labute approximate surface area is 280 Å². The van der Waals surface area contributed by atoms with Crippen LogP contribution >= 0.6 is 0 Å². The molecule has 0 unspecified atom stereocenters. The van der Waals surface area contributed by atoms with Gasteiger partial charge in [0.05, 0.1) is 12.8 Å². The number of ketones is 1. The summed E-state index contributed by atoms with van der Waals surface area (Å²) < 4.78 is 10.7. The largest absolute Gasteiger partial charge is 0.468 e. The van der Waals surface area contributed by atoms with Gasteiger partial charge in [0.15, 0.2) is 5.78 Å². The second-order valence-corrected chi connectivity index (χ2v) is 13.2. The third-order valence-corrected chi connectivity index (χ3v) is 10.0. The van der Waals surface area contributed by atoms with Crippen molar-refractivity contribution in [1.82, 2.24) is 20.3 Å². The van der Waals surface area contributed by atoms with Crippen molar-refractivity contribution in [2.75, 3.05) is 13.7 Å². The lowest BCUT2D eigenvalue weighted by atomic mass is 9.85. The molecule has 1 saturated heterocycles. The first-order chi connectivity index (χ1) is 23.0. The standard InChI is InChI=1S/C39H44N4O5/c1-9-23-15-24-16-31-25(10-2)20(5)27(41-31)17-28-21(6)26(11-12-32(44)48-14-13-19(3)4)36(42-28)34-35(39(46)47-8)38(45)33-22(7)29(43-37(33)34)18-30(23)40-24/h10,13,15-18,21,26,35,40-43H,2,9,11-12,14H2,1,3-8H3/b24-16-,28-17-,30-18-,36-34-/t21-,26-,35+/m0/s1. The van der Waals surface area contributed by atoms with Gasteiger partial charge in [0.1, 0.15) is 12.5 Å². The summed E-state index contributed by atoms with van der Waals surface area (Å²) in [5, 5.41) is 5.53. The number of esters is 2. The van der Waals surface area contributed by atoms with Crippen LogP contribution in [0.15, 0.2) is 35.7 Å². The molecule has 5 heterocycles. The number of hydrogen-bond acceptors (Lipinski definition) is 6. The third-order valence-electron chi connectivity index (χ3n) is 10.0. The van der Waals surface area contributed by atoms with Crippen molar-refractivity contribution in [3.05, 3.63) is 97.0 Å². The van der Waals surface area contributed by atoms with Crippen LogP contribution in [0.1, 0.15) is 95.9 Å².